The van der Waals surface area contributed by atoms with E-state index in [1.807, 2.05) is 0 Å². The number of urea groups is 1. The van der Waals surface area contributed by atoms with Crippen LogP contribution in [0.5, 0.6) is 5.75 Å². The number of hydrogen-bond acceptors (Lipinski definition) is 3. The molecule has 2 N–H and O–H groups in total. The van der Waals surface area contributed by atoms with Crippen LogP contribution >= 0.6 is 15.9 Å². The number of rotatable bonds is 4. The molecule has 23 heavy (non-hydrogen) atoms. The summed E-state index contributed by atoms with van der Waals surface area (Å²) in [7, 11) is 0. The zero-order valence-corrected chi connectivity index (χ0v) is 14.2. The third kappa shape index (κ3) is 4.34. The zero-order valence-electron chi connectivity index (χ0n) is 12.6. The van der Waals surface area contributed by atoms with Crippen LogP contribution in [-0.4, -0.2) is 41.7 Å². The minimum atomic E-state index is -0.835. The number of carbonyl (C=O) groups is 2. The summed E-state index contributed by atoms with van der Waals surface area (Å²) in [6.07, 6.45) is 0.825. The second-order valence-corrected chi connectivity index (χ2v) is 6.08. The fourth-order valence-electron chi connectivity index (χ4n) is 2.42. The predicted molar refractivity (Wildman–Crippen MR) is 86.2 cm³/mol. The van der Waals surface area contributed by atoms with Crippen LogP contribution in [0.1, 0.15) is 19.8 Å². The standard InChI is InChI=1S/C15H18BrFN2O4/c1-2-23-13-7-10(16)11(17)8-12(13)18-15(22)19-5-3-9(4-6-19)14(20)21/h7-9H,2-6H2,1H3,(H,18,22)(H,20,21). The van der Waals surface area contributed by atoms with Crippen molar-refractivity contribution in [1.29, 1.82) is 0 Å². The first-order valence-electron chi connectivity index (χ1n) is 7.33. The number of aliphatic carboxylic acids is 1. The Kier molecular flexibility index (Phi) is 5.81. The first kappa shape index (κ1) is 17.5. The largest absolute Gasteiger partial charge is 0.492 e. The van der Waals surface area contributed by atoms with Crippen LogP contribution in [0, 0.1) is 11.7 Å². The number of carboxylic acids is 1. The molecule has 1 fully saturated rings. The summed E-state index contributed by atoms with van der Waals surface area (Å²) in [5.41, 5.74) is 0.248. The number of hydrogen-bond donors (Lipinski definition) is 2. The van der Waals surface area contributed by atoms with Crippen molar-refractivity contribution in [3.05, 3.63) is 22.4 Å². The molecule has 0 bridgehead atoms. The van der Waals surface area contributed by atoms with Gasteiger partial charge in [-0.3, -0.25) is 4.79 Å². The Morgan fingerprint density at radius 3 is 2.65 bits per heavy atom. The average Bonchev–Trinajstić information content (AvgIpc) is 2.52. The van der Waals surface area contributed by atoms with Crippen molar-refractivity contribution in [1.82, 2.24) is 4.90 Å². The van der Waals surface area contributed by atoms with Crippen LogP contribution in [0.15, 0.2) is 16.6 Å². The highest BCUT2D eigenvalue weighted by molar-refractivity contribution is 9.10. The summed E-state index contributed by atoms with van der Waals surface area (Å²) in [5, 5.41) is 11.6. The Hall–Kier alpha value is -1.83. The van der Waals surface area contributed by atoms with Crippen molar-refractivity contribution in [3.8, 4) is 5.75 Å². The van der Waals surface area contributed by atoms with Crippen molar-refractivity contribution < 1.29 is 23.8 Å². The summed E-state index contributed by atoms with van der Waals surface area (Å²) < 4.78 is 19.4. The summed E-state index contributed by atoms with van der Waals surface area (Å²) in [4.78, 5) is 24.7. The molecule has 1 heterocycles. The van der Waals surface area contributed by atoms with E-state index >= 15 is 0 Å². The van der Waals surface area contributed by atoms with E-state index in [2.05, 4.69) is 21.2 Å². The molecule has 2 rings (SSSR count). The lowest BCUT2D eigenvalue weighted by Gasteiger charge is -2.30. The summed E-state index contributed by atoms with van der Waals surface area (Å²) in [5.74, 6) is -1.38. The number of anilines is 1. The van der Waals surface area contributed by atoms with Crippen molar-refractivity contribution in [2.45, 2.75) is 19.8 Å². The highest BCUT2D eigenvalue weighted by Gasteiger charge is 2.27. The maximum Gasteiger partial charge on any atom is 0.321 e. The first-order chi connectivity index (χ1) is 10.9. The maximum atomic E-state index is 13.7. The van der Waals surface area contributed by atoms with Crippen LogP contribution < -0.4 is 10.1 Å². The molecular weight excluding hydrogens is 371 g/mol. The Balaban J connectivity index is 2.06. The van der Waals surface area contributed by atoms with Gasteiger partial charge in [0.25, 0.3) is 0 Å². The Bertz CT molecular complexity index is 603. The average molecular weight is 389 g/mol. The minimum absolute atomic E-state index is 0.248. The fraction of sp³-hybridized carbons (Fsp3) is 0.467. The maximum absolute atomic E-state index is 13.7. The van der Waals surface area contributed by atoms with Crippen molar-refractivity contribution in [2.75, 3.05) is 25.0 Å². The van der Waals surface area contributed by atoms with Gasteiger partial charge in [0.2, 0.25) is 0 Å². The van der Waals surface area contributed by atoms with Crippen LogP contribution in [0.25, 0.3) is 0 Å². The topological polar surface area (TPSA) is 78.9 Å². The number of nitrogens with zero attached hydrogens (tertiary/aromatic N) is 1. The van der Waals surface area contributed by atoms with Gasteiger partial charge in [0.1, 0.15) is 11.6 Å². The van der Waals surface area contributed by atoms with Gasteiger partial charge in [0.05, 0.1) is 22.7 Å². The zero-order chi connectivity index (χ0) is 17.0. The molecule has 0 aliphatic carbocycles. The molecular formula is C15H18BrFN2O4. The minimum Gasteiger partial charge on any atom is -0.492 e. The van der Waals surface area contributed by atoms with E-state index in [1.165, 1.54) is 17.0 Å². The van der Waals surface area contributed by atoms with Crippen LogP contribution in [0.2, 0.25) is 0 Å². The van der Waals surface area contributed by atoms with Gasteiger partial charge in [-0.25, -0.2) is 9.18 Å². The molecule has 0 aromatic heterocycles. The first-order valence-corrected chi connectivity index (χ1v) is 8.12. The molecule has 0 saturated carbocycles. The van der Waals surface area contributed by atoms with Crippen molar-refractivity contribution >= 4 is 33.6 Å². The van der Waals surface area contributed by atoms with E-state index in [0.717, 1.165) is 0 Å². The summed E-state index contributed by atoms with van der Waals surface area (Å²) >= 11 is 3.08. The second kappa shape index (κ2) is 7.63. The molecule has 1 saturated heterocycles. The molecule has 0 unspecified atom stereocenters. The molecule has 2 amide bonds. The van der Waals surface area contributed by atoms with E-state index < -0.39 is 23.7 Å². The number of nitrogens with one attached hydrogen (secondary N) is 1. The van der Waals surface area contributed by atoms with Gasteiger partial charge in [-0.05, 0) is 41.8 Å². The van der Waals surface area contributed by atoms with Gasteiger partial charge in [-0.1, -0.05) is 0 Å². The van der Waals surface area contributed by atoms with Gasteiger partial charge in [-0.2, -0.15) is 0 Å². The molecule has 1 aromatic rings. The number of carboxylic acid groups (broad SMARTS) is 1. The SMILES string of the molecule is CCOc1cc(Br)c(F)cc1NC(=O)N1CCC(C(=O)O)CC1. The van der Waals surface area contributed by atoms with E-state index in [-0.39, 0.29) is 10.2 Å². The summed E-state index contributed by atoms with van der Waals surface area (Å²) in [6, 6.07) is 2.26. The molecule has 1 aromatic carbocycles. The van der Waals surface area contributed by atoms with E-state index in [1.54, 1.807) is 6.92 Å². The third-order valence-electron chi connectivity index (χ3n) is 3.70. The van der Waals surface area contributed by atoms with E-state index in [0.29, 0.717) is 38.3 Å². The number of halogens is 2. The third-order valence-corrected chi connectivity index (χ3v) is 4.30. The molecule has 6 nitrogen and oxygen atoms in total. The number of piperidine rings is 1. The lowest BCUT2D eigenvalue weighted by molar-refractivity contribution is -0.143. The number of carbonyl (C=O) groups excluding carboxylic acids is 1. The molecule has 1 aliphatic rings. The lowest BCUT2D eigenvalue weighted by Crippen LogP contribution is -2.42. The number of likely N-dealkylation sites (tertiary alicyclic amines) is 1. The van der Waals surface area contributed by atoms with Gasteiger partial charge in [-0.15, -0.1) is 0 Å². The van der Waals surface area contributed by atoms with Crippen molar-refractivity contribution in [2.24, 2.45) is 5.92 Å². The van der Waals surface area contributed by atoms with Gasteiger partial charge < -0.3 is 20.1 Å². The molecule has 1 aliphatic heterocycles. The molecule has 0 spiro atoms. The normalized spacial score (nSPS) is 15.3. The smallest absolute Gasteiger partial charge is 0.321 e. The molecule has 0 radical (unpaired) electrons. The van der Waals surface area contributed by atoms with Crippen LogP contribution in [0.4, 0.5) is 14.9 Å². The highest BCUT2D eigenvalue weighted by Crippen LogP contribution is 2.31. The van der Waals surface area contributed by atoms with Gasteiger partial charge in [0, 0.05) is 19.2 Å². The monoisotopic (exact) mass is 388 g/mol. The molecule has 126 valence electrons. The Morgan fingerprint density at radius 2 is 2.09 bits per heavy atom. The van der Waals surface area contributed by atoms with Crippen molar-refractivity contribution in [3.63, 3.8) is 0 Å². The molecule has 8 heteroatoms. The fourth-order valence-corrected chi connectivity index (χ4v) is 2.75. The Morgan fingerprint density at radius 1 is 1.43 bits per heavy atom. The lowest BCUT2D eigenvalue weighted by atomic mass is 9.97. The summed E-state index contributed by atoms with van der Waals surface area (Å²) in [6.45, 7) is 2.88. The van der Waals surface area contributed by atoms with Crippen LogP contribution in [0.3, 0.4) is 0 Å². The van der Waals surface area contributed by atoms with Gasteiger partial charge >= 0.3 is 12.0 Å². The predicted octanol–water partition coefficient (Wildman–Crippen LogP) is 3.32. The van der Waals surface area contributed by atoms with E-state index in [9.17, 15) is 14.0 Å². The second-order valence-electron chi connectivity index (χ2n) is 5.23. The Labute approximate surface area is 141 Å². The van der Waals surface area contributed by atoms with E-state index in [4.69, 9.17) is 9.84 Å². The molecule has 0 atom stereocenters. The number of amides is 2. The number of ether oxygens (including phenoxy) is 1. The van der Waals surface area contributed by atoms with Gasteiger partial charge in [0.15, 0.2) is 0 Å². The quantitative estimate of drug-likeness (QED) is 0.828. The van der Waals surface area contributed by atoms with Crippen LogP contribution in [-0.2, 0) is 4.79 Å². The highest BCUT2D eigenvalue weighted by atomic mass is 79.9. The number of benzene rings is 1.